The lowest BCUT2D eigenvalue weighted by Gasteiger charge is -2.33. The topological polar surface area (TPSA) is 67.9 Å². The van der Waals surface area contributed by atoms with Crippen molar-refractivity contribution in [3.05, 3.63) is 68.5 Å². The molecule has 1 aromatic carbocycles. The Hall–Kier alpha value is -2.84. The van der Waals surface area contributed by atoms with E-state index in [-0.39, 0.29) is 17.9 Å². The molecule has 3 aromatic rings. The van der Waals surface area contributed by atoms with Gasteiger partial charge in [-0.3, -0.25) is 9.59 Å². The van der Waals surface area contributed by atoms with Gasteiger partial charge in [0, 0.05) is 16.5 Å². The number of thiophene rings is 2. The highest BCUT2D eigenvalue weighted by Gasteiger charge is 2.36. The number of benzene rings is 1. The Kier molecular flexibility index (Phi) is 8.24. The van der Waals surface area contributed by atoms with E-state index in [0.29, 0.717) is 28.5 Å². The molecule has 1 fully saturated rings. The van der Waals surface area contributed by atoms with Crippen LogP contribution in [0.5, 0.6) is 11.5 Å². The smallest absolute Gasteiger partial charge is 0.265 e. The van der Waals surface area contributed by atoms with Crippen molar-refractivity contribution in [2.45, 2.75) is 50.7 Å². The number of carbonyl (C=O) groups is 2. The number of hydrogen-bond acceptors (Lipinski definition) is 6. The first-order valence-corrected chi connectivity index (χ1v) is 13.3. The second kappa shape index (κ2) is 11.5. The van der Waals surface area contributed by atoms with Crippen LogP contribution in [0.1, 0.15) is 58.3 Å². The summed E-state index contributed by atoms with van der Waals surface area (Å²) in [6, 6.07) is 12.2. The number of ether oxygens (including phenoxy) is 2. The quantitative estimate of drug-likeness (QED) is 0.413. The van der Waals surface area contributed by atoms with E-state index in [0.717, 1.165) is 30.6 Å². The third-order valence-corrected chi connectivity index (χ3v) is 7.86. The summed E-state index contributed by atoms with van der Waals surface area (Å²) in [5.41, 5.74) is 0.608. The van der Waals surface area contributed by atoms with Crippen LogP contribution < -0.4 is 14.8 Å². The molecule has 0 unspecified atom stereocenters. The van der Waals surface area contributed by atoms with Gasteiger partial charge in [0.05, 0.1) is 25.6 Å². The van der Waals surface area contributed by atoms with E-state index in [9.17, 15) is 9.59 Å². The number of hydrogen-bond donors (Lipinski definition) is 1. The normalized spacial score (nSPS) is 14.9. The van der Waals surface area contributed by atoms with Gasteiger partial charge >= 0.3 is 0 Å². The van der Waals surface area contributed by atoms with Crippen LogP contribution in [0.25, 0.3) is 0 Å². The van der Waals surface area contributed by atoms with Gasteiger partial charge in [-0.1, -0.05) is 31.4 Å². The lowest BCUT2D eigenvalue weighted by molar-refractivity contribution is -0.127. The molecule has 180 valence electrons. The predicted molar refractivity (Wildman–Crippen MR) is 136 cm³/mol. The number of nitrogens with one attached hydrogen (secondary N) is 1. The Bertz CT molecular complexity index is 1080. The molecule has 0 bridgehead atoms. The van der Waals surface area contributed by atoms with Crippen molar-refractivity contribution in [1.82, 2.24) is 10.2 Å². The fourth-order valence-corrected chi connectivity index (χ4v) is 5.81. The second-order valence-corrected chi connectivity index (χ2v) is 10.3. The molecule has 34 heavy (non-hydrogen) atoms. The van der Waals surface area contributed by atoms with Gasteiger partial charge in [0.15, 0.2) is 0 Å². The number of methoxy groups -OCH3 is 2. The molecule has 1 aliphatic carbocycles. The summed E-state index contributed by atoms with van der Waals surface area (Å²) >= 11 is 2.94. The standard InChI is InChI=1S/C26H30N2O4S2/c1-31-19-12-13-22(32-2)21(16-19)24(25(29)27-18-8-4-3-5-9-18)28(17-20-10-6-14-33-20)26(30)23-11-7-15-34-23/h6-7,10-16,18,24H,3-5,8-9,17H2,1-2H3,(H,27,29)/t24-/m0/s1. The highest BCUT2D eigenvalue weighted by atomic mass is 32.1. The van der Waals surface area contributed by atoms with Crippen LogP contribution in [0, 0.1) is 0 Å². The summed E-state index contributed by atoms with van der Waals surface area (Å²) in [7, 11) is 3.16. The molecule has 0 radical (unpaired) electrons. The third kappa shape index (κ3) is 5.62. The average Bonchev–Trinajstić information content (AvgIpc) is 3.58. The van der Waals surface area contributed by atoms with Crippen molar-refractivity contribution in [2.24, 2.45) is 0 Å². The van der Waals surface area contributed by atoms with Gasteiger partial charge in [-0.2, -0.15) is 0 Å². The molecular formula is C26H30N2O4S2. The van der Waals surface area contributed by atoms with Crippen LogP contribution in [0.15, 0.2) is 53.2 Å². The van der Waals surface area contributed by atoms with Gasteiger partial charge < -0.3 is 19.7 Å². The Labute approximate surface area is 208 Å². The zero-order valence-corrected chi connectivity index (χ0v) is 21.1. The zero-order valence-electron chi connectivity index (χ0n) is 19.5. The van der Waals surface area contributed by atoms with E-state index in [1.807, 2.05) is 29.0 Å². The van der Waals surface area contributed by atoms with Crippen LogP contribution >= 0.6 is 22.7 Å². The van der Waals surface area contributed by atoms with Crippen LogP contribution in [0.4, 0.5) is 0 Å². The Morgan fingerprint density at radius 3 is 2.44 bits per heavy atom. The summed E-state index contributed by atoms with van der Waals surface area (Å²) in [5.74, 6) is 0.766. The molecule has 4 rings (SSSR count). The first-order valence-electron chi connectivity index (χ1n) is 11.5. The minimum absolute atomic E-state index is 0.112. The van der Waals surface area contributed by atoms with E-state index in [1.54, 1.807) is 54.7 Å². The predicted octanol–water partition coefficient (Wildman–Crippen LogP) is 5.66. The summed E-state index contributed by atoms with van der Waals surface area (Å²) in [5, 5.41) is 7.10. The van der Waals surface area contributed by atoms with Gasteiger partial charge in [0.25, 0.3) is 5.91 Å². The van der Waals surface area contributed by atoms with Crippen molar-refractivity contribution < 1.29 is 19.1 Å². The fourth-order valence-electron chi connectivity index (χ4n) is 4.42. The molecule has 6 nitrogen and oxygen atoms in total. The van der Waals surface area contributed by atoms with E-state index < -0.39 is 6.04 Å². The van der Waals surface area contributed by atoms with Crippen LogP contribution in [0.3, 0.4) is 0 Å². The second-order valence-electron chi connectivity index (χ2n) is 8.34. The molecule has 2 heterocycles. The Morgan fingerprint density at radius 1 is 1.03 bits per heavy atom. The van der Waals surface area contributed by atoms with E-state index >= 15 is 0 Å². The number of amides is 2. The van der Waals surface area contributed by atoms with Crippen molar-refractivity contribution in [3.8, 4) is 11.5 Å². The maximum atomic E-state index is 13.9. The monoisotopic (exact) mass is 498 g/mol. The SMILES string of the molecule is COc1ccc(OC)c([C@@H](C(=O)NC2CCCCC2)N(Cc2cccs2)C(=O)c2cccs2)c1. The highest BCUT2D eigenvalue weighted by molar-refractivity contribution is 7.12. The molecule has 1 N–H and O–H groups in total. The van der Waals surface area contributed by atoms with Gasteiger partial charge in [0.1, 0.15) is 17.5 Å². The largest absolute Gasteiger partial charge is 0.497 e. The Balaban J connectivity index is 1.79. The third-order valence-electron chi connectivity index (χ3n) is 6.14. The van der Waals surface area contributed by atoms with Crippen LogP contribution in [-0.4, -0.2) is 37.0 Å². The fraction of sp³-hybridized carbons (Fsp3) is 0.385. The minimum atomic E-state index is -0.872. The maximum absolute atomic E-state index is 13.9. The average molecular weight is 499 g/mol. The van der Waals surface area contributed by atoms with Crippen molar-refractivity contribution in [2.75, 3.05) is 14.2 Å². The summed E-state index contributed by atoms with van der Waals surface area (Å²) in [4.78, 5) is 31.0. The lowest BCUT2D eigenvalue weighted by atomic mass is 9.94. The molecule has 8 heteroatoms. The van der Waals surface area contributed by atoms with Gasteiger partial charge in [-0.05, 0) is 53.9 Å². The molecule has 0 spiro atoms. The van der Waals surface area contributed by atoms with Crippen LogP contribution in [-0.2, 0) is 11.3 Å². The lowest BCUT2D eigenvalue weighted by Crippen LogP contribution is -2.46. The van der Waals surface area contributed by atoms with Crippen molar-refractivity contribution >= 4 is 34.5 Å². The van der Waals surface area contributed by atoms with Gasteiger partial charge in [-0.25, -0.2) is 0 Å². The van der Waals surface area contributed by atoms with E-state index in [4.69, 9.17) is 9.47 Å². The Morgan fingerprint density at radius 2 is 1.79 bits per heavy atom. The molecule has 2 aromatic heterocycles. The van der Waals surface area contributed by atoms with Crippen LogP contribution in [0.2, 0.25) is 0 Å². The van der Waals surface area contributed by atoms with Gasteiger partial charge in [-0.15, -0.1) is 22.7 Å². The molecule has 1 aliphatic rings. The molecule has 0 saturated heterocycles. The first-order chi connectivity index (χ1) is 16.6. The molecule has 1 atom stereocenters. The van der Waals surface area contributed by atoms with Crippen molar-refractivity contribution in [3.63, 3.8) is 0 Å². The summed E-state index contributed by atoms with van der Waals surface area (Å²) in [6.45, 7) is 0.317. The first kappa shape index (κ1) is 24.3. The number of nitrogens with zero attached hydrogens (tertiary/aromatic N) is 1. The highest BCUT2D eigenvalue weighted by Crippen LogP contribution is 2.36. The van der Waals surface area contributed by atoms with Gasteiger partial charge in [0.2, 0.25) is 5.91 Å². The minimum Gasteiger partial charge on any atom is -0.497 e. The van der Waals surface area contributed by atoms with E-state index in [2.05, 4.69) is 5.32 Å². The molecule has 0 aliphatic heterocycles. The molecule has 2 amide bonds. The number of rotatable bonds is 9. The molecule has 1 saturated carbocycles. The summed E-state index contributed by atoms with van der Waals surface area (Å²) in [6.07, 6.45) is 5.31. The number of carbonyl (C=O) groups excluding carboxylic acids is 2. The molecular weight excluding hydrogens is 468 g/mol. The van der Waals surface area contributed by atoms with E-state index in [1.165, 1.54) is 17.8 Å². The maximum Gasteiger partial charge on any atom is 0.265 e. The summed E-state index contributed by atoms with van der Waals surface area (Å²) < 4.78 is 11.1. The zero-order chi connectivity index (χ0) is 23.9. The van der Waals surface area contributed by atoms with Crippen molar-refractivity contribution in [1.29, 1.82) is 0 Å².